The van der Waals surface area contributed by atoms with Gasteiger partial charge in [0.15, 0.2) is 0 Å². The number of aromatic amines is 1. The fourth-order valence-corrected chi connectivity index (χ4v) is 4.74. The predicted octanol–water partition coefficient (Wildman–Crippen LogP) is 1.86. The predicted molar refractivity (Wildman–Crippen MR) is 114 cm³/mol. The quantitative estimate of drug-likeness (QED) is 0.670. The fraction of sp³-hybridized carbons (Fsp3) is 0.545. The molecule has 1 saturated heterocycles. The first-order chi connectivity index (χ1) is 14.6. The first kappa shape index (κ1) is 21.1. The molecular formula is C22H29N5O4. The second kappa shape index (κ2) is 7.86. The van der Waals surface area contributed by atoms with Gasteiger partial charge in [0.1, 0.15) is 17.7 Å². The number of hydrogen-bond acceptors (Lipinski definition) is 5. The number of H-pyrrole nitrogens is 1. The van der Waals surface area contributed by atoms with Crippen molar-refractivity contribution in [2.75, 3.05) is 0 Å². The molecule has 31 heavy (non-hydrogen) atoms. The number of primary amides is 1. The number of nitrogens with one attached hydrogen (secondary N) is 2. The molecule has 1 saturated carbocycles. The summed E-state index contributed by atoms with van der Waals surface area (Å²) in [6.45, 7) is 5.40. The van der Waals surface area contributed by atoms with Gasteiger partial charge in [-0.15, -0.1) is 0 Å². The topological polar surface area (TPSA) is 130 Å². The molecule has 0 radical (unpaired) electrons. The van der Waals surface area contributed by atoms with Crippen LogP contribution in [0.4, 0.5) is 4.79 Å². The van der Waals surface area contributed by atoms with Crippen LogP contribution in [0.25, 0.3) is 10.9 Å². The summed E-state index contributed by atoms with van der Waals surface area (Å²) in [5.74, 6) is -0.910. The van der Waals surface area contributed by atoms with Crippen LogP contribution in [0.5, 0.6) is 0 Å². The molecule has 9 nitrogen and oxygen atoms in total. The normalized spacial score (nSPS) is 23.7. The van der Waals surface area contributed by atoms with Crippen LogP contribution in [0.1, 0.15) is 45.6 Å². The molecule has 2 fully saturated rings. The summed E-state index contributed by atoms with van der Waals surface area (Å²) in [6.07, 6.45) is 3.98. The molecule has 1 unspecified atom stereocenters. The van der Waals surface area contributed by atoms with Crippen molar-refractivity contribution >= 4 is 28.8 Å². The Morgan fingerprint density at radius 1 is 1.32 bits per heavy atom. The minimum Gasteiger partial charge on any atom is -0.444 e. The molecule has 1 aromatic carbocycles. The Kier molecular flexibility index (Phi) is 5.36. The van der Waals surface area contributed by atoms with Gasteiger partial charge in [-0.05, 0) is 63.6 Å². The lowest BCUT2D eigenvalue weighted by Crippen LogP contribution is -2.57. The second-order valence-electron chi connectivity index (χ2n) is 9.52. The van der Waals surface area contributed by atoms with E-state index >= 15 is 0 Å². The van der Waals surface area contributed by atoms with Crippen LogP contribution in [-0.2, 0) is 20.7 Å². The van der Waals surface area contributed by atoms with Crippen molar-refractivity contribution in [3.05, 3.63) is 30.0 Å². The minimum atomic E-state index is -0.878. The molecular weight excluding hydrogens is 398 g/mol. The van der Waals surface area contributed by atoms with Gasteiger partial charge >= 0.3 is 6.09 Å². The van der Waals surface area contributed by atoms with Crippen LogP contribution in [-0.4, -0.2) is 56.7 Å². The zero-order valence-electron chi connectivity index (χ0n) is 18.1. The summed E-state index contributed by atoms with van der Waals surface area (Å²) < 4.78 is 5.54. The highest BCUT2D eigenvalue weighted by Gasteiger charge is 2.52. The second-order valence-corrected chi connectivity index (χ2v) is 9.52. The SMILES string of the molecule is CC(C)(C)OC(=O)N1[C@@H]2CC[C@@H](C2)[C@H]1C(=O)NC(Cc1ccc2[nH]ncc2c1)C(N)=O. The molecule has 4 rings (SSSR count). The van der Waals surface area contributed by atoms with E-state index < -0.39 is 29.7 Å². The maximum Gasteiger partial charge on any atom is 0.411 e. The highest BCUT2D eigenvalue weighted by Crippen LogP contribution is 2.43. The van der Waals surface area contributed by atoms with Gasteiger partial charge in [0.05, 0.1) is 11.7 Å². The van der Waals surface area contributed by atoms with Gasteiger partial charge in [-0.2, -0.15) is 5.10 Å². The van der Waals surface area contributed by atoms with E-state index in [-0.39, 0.29) is 24.3 Å². The third-order valence-electron chi connectivity index (χ3n) is 6.06. The number of hydrogen-bond donors (Lipinski definition) is 3. The first-order valence-corrected chi connectivity index (χ1v) is 10.7. The molecule has 1 aliphatic carbocycles. The maximum absolute atomic E-state index is 13.2. The maximum atomic E-state index is 13.2. The largest absolute Gasteiger partial charge is 0.444 e. The van der Waals surface area contributed by atoms with Crippen molar-refractivity contribution in [2.45, 2.75) is 70.2 Å². The van der Waals surface area contributed by atoms with E-state index in [2.05, 4.69) is 15.5 Å². The molecule has 3 amide bonds. The molecule has 0 spiro atoms. The Hall–Kier alpha value is -3.10. The molecule has 2 bridgehead atoms. The van der Waals surface area contributed by atoms with Crippen LogP contribution < -0.4 is 11.1 Å². The summed E-state index contributed by atoms with van der Waals surface area (Å²) in [5, 5.41) is 10.6. The van der Waals surface area contributed by atoms with E-state index in [0.29, 0.717) is 0 Å². The third-order valence-corrected chi connectivity index (χ3v) is 6.06. The lowest BCUT2D eigenvalue weighted by atomic mass is 9.97. The minimum absolute atomic E-state index is 0.00822. The Morgan fingerprint density at radius 2 is 2.10 bits per heavy atom. The highest BCUT2D eigenvalue weighted by atomic mass is 16.6. The van der Waals surface area contributed by atoms with Gasteiger partial charge in [-0.3, -0.25) is 19.6 Å². The number of fused-ring (bicyclic) bond motifs is 3. The number of ether oxygens (including phenoxy) is 1. The average molecular weight is 428 g/mol. The molecule has 2 aromatic rings. The summed E-state index contributed by atoms with van der Waals surface area (Å²) in [4.78, 5) is 39.7. The number of carbonyl (C=O) groups excluding carboxylic acids is 3. The third kappa shape index (κ3) is 4.35. The highest BCUT2D eigenvalue weighted by molar-refractivity contribution is 5.92. The van der Waals surface area contributed by atoms with Crippen molar-refractivity contribution in [3.63, 3.8) is 0 Å². The zero-order chi connectivity index (χ0) is 22.3. The molecule has 9 heteroatoms. The standard InChI is InChI=1S/C22H29N5O4/c1-22(2,3)31-21(30)27-15-6-5-13(10-15)18(27)20(29)25-17(19(23)28)9-12-4-7-16-14(8-12)11-24-26-16/h4,7-8,11,13,15,17-18H,5-6,9-10H2,1-3H3,(H2,23,28)(H,24,26)(H,25,29)/t13-,15+,17?,18-/m0/s1. The van der Waals surface area contributed by atoms with Crippen molar-refractivity contribution in [1.29, 1.82) is 0 Å². The zero-order valence-corrected chi connectivity index (χ0v) is 18.1. The fourth-order valence-electron chi connectivity index (χ4n) is 4.74. The number of carbonyl (C=O) groups is 3. The van der Waals surface area contributed by atoms with Crippen molar-refractivity contribution < 1.29 is 19.1 Å². The van der Waals surface area contributed by atoms with Crippen molar-refractivity contribution in [2.24, 2.45) is 11.7 Å². The van der Waals surface area contributed by atoms with Crippen LogP contribution in [0.15, 0.2) is 24.4 Å². The molecule has 1 aromatic heterocycles. The summed E-state index contributed by atoms with van der Waals surface area (Å²) in [5.41, 5.74) is 6.69. The van der Waals surface area contributed by atoms with E-state index in [1.807, 2.05) is 18.2 Å². The first-order valence-electron chi connectivity index (χ1n) is 10.7. The smallest absolute Gasteiger partial charge is 0.411 e. The van der Waals surface area contributed by atoms with Gasteiger partial charge in [-0.1, -0.05) is 6.07 Å². The molecule has 166 valence electrons. The van der Waals surface area contributed by atoms with Gasteiger partial charge < -0.3 is 15.8 Å². The van der Waals surface area contributed by atoms with Crippen molar-refractivity contribution in [3.8, 4) is 0 Å². The number of nitrogens with zero attached hydrogens (tertiary/aromatic N) is 2. The molecule has 2 aliphatic rings. The Bertz CT molecular complexity index is 1010. The summed E-state index contributed by atoms with van der Waals surface area (Å²) in [7, 11) is 0. The number of benzene rings is 1. The summed E-state index contributed by atoms with van der Waals surface area (Å²) >= 11 is 0. The van der Waals surface area contributed by atoms with E-state index in [9.17, 15) is 14.4 Å². The van der Waals surface area contributed by atoms with E-state index in [1.54, 1.807) is 31.9 Å². The monoisotopic (exact) mass is 427 g/mol. The number of nitrogens with two attached hydrogens (primary N) is 1. The lowest BCUT2D eigenvalue weighted by Gasteiger charge is -2.36. The Balaban J connectivity index is 1.49. The van der Waals surface area contributed by atoms with Crippen molar-refractivity contribution in [1.82, 2.24) is 20.4 Å². The molecule has 2 heterocycles. The van der Waals surface area contributed by atoms with E-state index in [4.69, 9.17) is 10.5 Å². The Labute approximate surface area is 180 Å². The Morgan fingerprint density at radius 3 is 2.81 bits per heavy atom. The number of piperidine rings is 1. The summed E-state index contributed by atoms with van der Waals surface area (Å²) in [6, 6.07) is 4.12. The van der Waals surface area contributed by atoms with Gasteiger partial charge in [0, 0.05) is 17.8 Å². The van der Waals surface area contributed by atoms with E-state index in [1.165, 1.54) is 0 Å². The van der Waals surface area contributed by atoms with Gasteiger partial charge in [0.2, 0.25) is 11.8 Å². The number of amides is 3. The van der Waals surface area contributed by atoms with Crippen LogP contribution in [0, 0.1) is 5.92 Å². The number of aromatic nitrogens is 2. The van der Waals surface area contributed by atoms with Gasteiger partial charge in [-0.25, -0.2) is 4.79 Å². The molecule has 4 atom stereocenters. The molecule has 4 N–H and O–H groups in total. The average Bonchev–Trinajstić information content (AvgIpc) is 3.40. The lowest BCUT2D eigenvalue weighted by molar-refractivity contribution is -0.132. The van der Waals surface area contributed by atoms with Crippen LogP contribution in [0.2, 0.25) is 0 Å². The van der Waals surface area contributed by atoms with E-state index in [0.717, 1.165) is 35.7 Å². The van der Waals surface area contributed by atoms with Crippen LogP contribution >= 0.6 is 0 Å². The number of rotatable bonds is 5. The molecule has 1 aliphatic heterocycles. The number of likely N-dealkylation sites (tertiary alicyclic amines) is 1. The van der Waals surface area contributed by atoms with Crippen LogP contribution in [0.3, 0.4) is 0 Å². The van der Waals surface area contributed by atoms with Gasteiger partial charge in [0.25, 0.3) is 0 Å².